The van der Waals surface area contributed by atoms with E-state index in [1.807, 2.05) is 36.5 Å². The standard InChI is InChI=1S/C60H96O6/c1-4-7-10-13-16-19-22-25-27-29-30-31-33-35-38-41-44-47-50-53-59(62)65-56-57(55-64-58(61)52-49-46-43-40-37-34-24-21-18-15-12-9-6-3)66-60(63)54-51-48-45-42-39-36-32-28-26-23-20-17-14-11-8-5-2/h8-9,11-12,15-22,24-26,28,34,36-37,39,57H,4-7,10,13-14,23,27,29-33,35,38,40-56H2,1-3H3/b11-8-,12-9-,18-15-,19-16-,20-17-,24-21-,25-22-,28-26-,37-34-,39-36-. The molecule has 0 rings (SSSR count). The van der Waals surface area contributed by atoms with Gasteiger partial charge in [0.15, 0.2) is 6.10 Å². The van der Waals surface area contributed by atoms with Gasteiger partial charge in [0.05, 0.1) is 0 Å². The summed E-state index contributed by atoms with van der Waals surface area (Å²) in [6.07, 6.45) is 73.3. The summed E-state index contributed by atoms with van der Waals surface area (Å²) >= 11 is 0. The zero-order valence-electron chi connectivity index (χ0n) is 42.4. The van der Waals surface area contributed by atoms with E-state index in [-0.39, 0.29) is 37.5 Å². The maximum absolute atomic E-state index is 12.8. The Hall–Kier alpha value is -4.19. The molecule has 0 aromatic carbocycles. The average Bonchev–Trinajstić information content (AvgIpc) is 3.31. The van der Waals surface area contributed by atoms with Gasteiger partial charge in [-0.1, -0.05) is 219 Å². The molecule has 0 fully saturated rings. The molecule has 0 aromatic rings. The fraction of sp³-hybridized carbons (Fsp3) is 0.617. The van der Waals surface area contributed by atoms with Crippen LogP contribution in [0.15, 0.2) is 122 Å². The van der Waals surface area contributed by atoms with Crippen molar-refractivity contribution in [2.45, 2.75) is 226 Å². The molecule has 0 N–H and O–H groups in total. The molecule has 0 spiro atoms. The molecule has 0 radical (unpaired) electrons. The van der Waals surface area contributed by atoms with Gasteiger partial charge in [0.2, 0.25) is 0 Å². The molecule has 0 amide bonds. The predicted molar refractivity (Wildman–Crippen MR) is 283 cm³/mol. The number of hydrogen-bond acceptors (Lipinski definition) is 6. The van der Waals surface area contributed by atoms with E-state index in [0.29, 0.717) is 19.3 Å². The zero-order chi connectivity index (χ0) is 47.9. The van der Waals surface area contributed by atoms with E-state index in [0.717, 1.165) is 96.3 Å². The lowest BCUT2D eigenvalue weighted by Gasteiger charge is -2.18. The van der Waals surface area contributed by atoms with Crippen LogP contribution in [0.5, 0.6) is 0 Å². The van der Waals surface area contributed by atoms with Crippen molar-refractivity contribution in [1.82, 2.24) is 0 Å². The van der Waals surface area contributed by atoms with Crippen molar-refractivity contribution in [3.05, 3.63) is 122 Å². The summed E-state index contributed by atoms with van der Waals surface area (Å²) in [5.41, 5.74) is 0. The summed E-state index contributed by atoms with van der Waals surface area (Å²) in [5.74, 6) is -0.991. The number of allylic oxidation sites excluding steroid dienone is 20. The van der Waals surface area contributed by atoms with Crippen molar-refractivity contribution in [3.63, 3.8) is 0 Å². The summed E-state index contributed by atoms with van der Waals surface area (Å²) in [6, 6.07) is 0. The van der Waals surface area contributed by atoms with Crippen LogP contribution >= 0.6 is 0 Å². The van der Waals surface area contributed by atoms with Gasteiger partial charge in [0, 0.05) is 19.3 Å². The van der Waals surface area contributed by atoms with Gasteiger partial charge in [0.25, 0.3) is 0 Å². The predicted octanol–water partition coefficient (Wildman–Crippen LogP) is 17.7. The zero-order valence-corrected chi connectivity index (χ0v) is 42.4. The van der Waals surface area contributed by atoms with E-state index in [9.17, 15) is 14.4 Å². The highest BCUT2D eigenvalue weighted by molar-refractivity contribution is 5.71. The Balaban J connectivity index is 4.48. The summed E-state index contributed by atoms with van der Waals surface area (Å²) < 4.78 is 16.8. The lowest BCUT2D eigenvalue weighted by Crippen LogP contribution is -2.30. The Morgan fingerprint density at radius 1 is 0.333 bits per heavy atom. The van der Waals surface area contributed by atoms with Gasteiger partial charge < -0.3 is 14.2 Å². The van der Waals surface area contributed by atoms with Gasteiger partial charge in [-0.25, -0.2) is 0 Å². The number of carbonyl (C=O) groups excluding carboxylic acids is 3. The molecule has 1 atom stereocenters. The van der Waals surface area contributed by atoms with E-state index in [1.54, 1.807) is 0 Å². The Kier molecular flexibility index (Phi) is 50.0. The number of carbonyl (C=O) groups is 3. The second-order valence-corrected chi connectivity index (χ2v) is 17.1. The van der Waals surface area contributed by atoms with E-state index >= 15 is 0 Å². The van der Waals surface area contributed by atoms with Crippen LogP contribution in [-0.2, 0) is 28.6 Å². The Bertz CT molecular complexity index is 1420. The first-order valence-electron chi connectivity index (χ1n) is 26.6. The second kappa shape index (κ2) is 53.4. The first-order valence-corrected chi connectivity index (χ1v) is 26.6. The van der Waals surface area contributed by atoms with Crippen molar-refractivity contribution in [2.75, 3.05) is 13.2 Å². The van der Waals surface area contributed by atoms with Crippen molar-refractivity contribution in [2.24, 2.45) is 0 Å². The molecule has 0 bridgehead atoms. The molecule has 1 unspecified atom stereocenters. The minimum absolute atomic E-state index is 0.109. The van der Waals surface area contributed by atoms with Crippen LogP contribution < -0.4 is 0 Å². The molecule has 0 saturated heterocycles. The summed E-state index contributed by atoms with van der Waals surface area (Å²) in [6.45, 7) is 6.28. The van der Waals surface area contributed by atoms with Gasteiger partial charge in [-0.05, 0) is 103 Å². The van der Waals surface area contributed by atoms with Crippen LogP contribution in [-0.4, -0.2) is 37.2 Å². The van der Waals surface area contributed by atoms with Crippen LogP contribution in [0.3, 0.4) is 0 Å². The van der Waals surface area contributed by atoms with Crippen LogP contribution in [0.25, 0.3) is 0 Å². The van der Waals surface area contributed by atoms with Gasteiger partial charge in [0.1, 0.15) is 13.2 Å². The summed E-state index contributed by atoms with van der Waals surface area (Å²) in [4.78, 5) is 38.0. The van der Waals surface area contributed by atoms with E-state index < -0.39 is 6.10 Å². The molecule has 0 saturated carbocycles. The fourth-order valence-electron chi connectivity index (χ4n) is 6.84. The molecule has 0 aliphatic rings. The van der Waals surface area contributed by atoms with E-state index in [4.69, 9.17) is 14.2 Å². The normalized spacial score (nSPS) is 13.1. The number of unbranched alkanes of at least 4 members (excludes halogenated alkanes) is 19. The third kappa shape index (κ3) is 50.8. The molecular formula is C60H96O6. The molecule has 0 heterocycles. The van der Waals surface area contributed by atoms with Gasteiger partial charge in [-0.3, -0.25) is 14.4 Å². The Morgan fingerprint density at radius 3 is 1.14 bits per heavy atom. The third-order valence-electron chi connectivity index (χ3n) is 10.8. The number of rotatable bonds is 46. The first-order chi connectivity index (χ1) is 32.5. The van der Waals surface area contributed by atoms with Crippen LogP contribution in [0.4, 0.5) is 0 Å². The van der Waals surface area contributed by atoms with Gasteiger partial charge in [-0.2, -0.15) is 0 Å². The third-order valence-corrected chi connectivity index (χ3v) is 10.8. The van der Waals surface area contributed by atoms with Crippen LogP contribution in [0.1, 0.15) is 220 Å². The maximum atomic E-state index is 12.8. The summed E-state index contributed by atoms with van der Waals surface area (Å²) in [5, 5.41) is 0. The first kappa shape index (κ1) is 61.8. The Morgan fingerprint density at radius 2 is 0.667 bits per heavy atom. The molecule has 372 valence electrons. The van der Waals surface area contributed by atoms with Crippen molar-refractivity contribution >= 4 is 17.9 Å². The highest BCUT2D eigenvalue weighted by atomic mass is 16.6. The number of ether oxygens (including phenoxy) is 3. The minimum atomic E-state index is -0.816. The SMILES string of the molecule is CC\C=C/C=C\C=C/C=C\CCCCCC(=O)OCC(COC(=O)CCCCCCCCCCCC/C=C\C=C/CCCCC)OC(=O)CCCCC/C=C\C/C=C\C/C=C\C/C=C\CC. The van der Waals surface area contributed by atoms with E-state index in [2.05, 4.69) is 106 Å². The van der Waals surface area contributed by atoms with Crippen LogP contribution in [0.2, 0.25) is 0 Å². The topological polar surface area (TPSA) is 78.9 Å². The Labute approximate surface area is 405 Å². The second-order valence-electron chi connectivity index (χ2n) is 17.1. The lowest BCUT2D eigenvalue weighted by atomic mass is 10.1. The van der Waals surface area contributed by atoms with Gasteiger partial charge in [-0.15, -0.1) is 0 Å². The van der Waals surface area contributed by atoms with E-state index in [1.165, 1.54) is 77.0 Å². The monoisotopic (exact) mass is 913 g/mol. The molecule has 0 aromatic heterocycles. The molecule has 6 nitrogen and oxygen atoms in total. The average molecular weight is 913 g/mol. The molecular weight excluding hydrogens is 817 g/mol. The smallest absolute Gasteiger partial charge is 0.306 e. The number of hydrogen-bond donors (Lipinski definition) is 0. The highest BCUT2D eigenvalue weighted by Crippen LogP contribution is 2.14. The maximum Gasteiger partial charge on any atom is 0.306 e. The van der Waals surface area contributed by atoms with Crippen LogP contribution in [0, 0.1) is 0 Å². The summed E-state index contributed by atoms with van der Waals surface area (Å²) in [7, 11) is 0. The molecule has 0 aliphatic carbocycles. The number of esters is 3. The fourth-order valence-corrected chi connectivity index (χ4v) is 6.84. The van der Waals surface area contributed by atoms with Gasteiger partial charge >= 0.3 is 17.9 Å². The molecule has 66 heavy (non-hydrogen) atoms. The van der Waals surface area contributed by atoms with Crippen molar-refractivity contribution in [1.29, 1.82) is 0 Å². The molecule has 6 heteroatoms. The largest absolute Gasteiger partial charge is 0.462 e. The van der Waals surface area contributed by atoms with Crippen molar-refractivity contribution < 1.29 is 28.6 Å². The minimum Gasteiger partial charge on any atom is -0.462 e. The highest BCUT2D eigenvalue weighted by Gasteiger charge is 2.19. The lowest BCUT2D eigenvalue weighted by molar-refractivity contribution is -0.167. The quantitative estimate of drug-likeness (QED) is 0.0199. The molecule has 0 aliphatic heterocycles. The van der Waals surface area contributed by atoms with Crippen molar-refractivity contribution in [3.8, 4) is 0 Å².